The topological polar surface area (TPSA) is 42.9 Å². The van der Waals surface area contributed by atoms with Crippen molar-refractivity contribution in [1.29, 1.82) is 0 Å². The molecule has 1 rings (SSSR count). The molecule has 0 unspecified atom stereocenters. The molecule has 0 aromatic carbocycles. The molecule has 0 aromatic heterocycles. The van der Waals surface area contributed by atoms with Crippen molar-refractivity contribution in [3.05, 3.63) is 0 Å². The first-order valence-electron chi connectivity index (χ1n) is 8.97. The Morgan fingerprint density at radius 1 is 1.00 bits per heavy atom. The van der Waals surface area contributed by atoms with Gasteiger partial charge in [0.2, 0.25) is 0 Å². The number of nitrogens with one attached hydrogen (secondary N) is 2. The second-order valence-electron chi connectivity index (χ2n) is 6.81. The van der Waals surface area contributed by atoms with E-state index in [1.54, 1.807) is 0 Å². The highest BCUT2D eigenvalue weighted by Gasteiger charge is 2.12. The van der Waals surface area contributed by atoms with Gasteiger partial charge in [-0.1, -0.05) is 13.8 Å². The maximum Gasteiger partial charge on any atom is 0.190 e. The largest absolute Gasteiger partial charge is 0.356 e. The van der Waals surface area contributed by atoms with Crippen molar-refractivity contribution in [2.75, 3.05) is 59.9 Å². The molecule has 2 N–H and O–H groups in total. The summed E-state index contributed by atoms with van der Waals surface area (Å²) in [5.41, 5.74) is 0. The number of nitrogens with zero attached hydrogens (tertiary/aromatic N) is 3. The normalized spacial score (nSPS) is 17.2. The summed E-state index contributed by atoms with van der Waals surface area (Å²) in [6.07, 6.45) is 4.96. The summed E-state index contributed by atoms with van der Waals surface area (Å²) in [4.78, 5) is 9.27. The molecule has 1 heterocycles. The Labute approximate surface area is 160 Å². The van der Waals surface area contributed by atoms with Crippen LogP contribution >= 0.6 is 24.0 Å². The molecule has 5 nitrogen and oxygen atoms in total. The van der Waals surface area contributed by atoms with Crippen LogP contribution in [-0.2, 0) is 0 Å². The van der Waals surface area contributed by atoms with Crippen molar-refractivity contribution >= 4 is 29.9 Å². The quantitative estimate of drug-likeness (QED) is 0.250. The zero-order valence-electron chi connectivity index (χ0n) is 15.6. The van der Waals surface area contributed by atoms with Crippen LogP contribution in [-0.4, -0.2) is 75.7 Å². The SMILES string of the molecule is CN=C(NCCCCN1CCN(C)CC1)NCCCC(C)C.I. The Balaban J connectivity index is 0.00000484. The summed E-state index contributed by atoms with van der Waals surface area (Å²) in [7, 11) is 4.06. The molecule has 0 atom stereocenters. The number of hydrogen-bond donors (Lipinski definition) is 2. The molecule has 0 saturated carbocycles. The number of piperazine rings is 1. The number of hydrogen-bond acceptors (Lipinski definition) is 3. The van der Waals surface area contributed by atoms with Crippen LogP contribution in [0, 0.1) is 5.92 Å². The summed E-state index contributed by atoms with van der Waals surface area (Å²) in [5.74, 6) is 1.73. The fourth-order valence-electron chi connectivity index (χ4n) is 2.68. The maximum absolute atomic E-state index is 4.28. The molecular formula is C17H38IN5. The van der Waals surface area contributed by atoms with Gasteiger partial charge < -0.3 is 20.4 Å². The van der Waals surface area contributed by atoms with Crippen molar-refractivity contribution in [3.63, 3.8) is 0 Å². The molecule has 1 aliphatic rings. The van der Waals surface area contributed by atoms with Gasteiger partial charge in [0.25, 0.3) is 0 Å². The van der Waals surface area contributed by atoms with Gasteiger partial charge >= 0.3 is 0 Å². The summed E-state index contributed by atoms with van der Waals surface area (Å²) < 4.78 is 0. The van der Waals surface area contributed by atoms with Crippen LogP contribution in [0.4, 0.5) is 0 Å². The highest BCUT2D eigenvalue weighted by molar-refractivity contribution is 14.0. The van der Waals surface area contributed by atoms with Crippen LogP contribution in [0.3, 0.4) is 0 Å². The van der Waals surface area contributed by atoms with E-state index in [2.05, 4.69) is 46.3 Å². The van der Waals surface area contributed by atoms with E-state index in [4.69, 9.17) is 0 Å². The van der Waals surface area contributed by atoms with Gasteiger partial charge in [-0.05, 0) is 45.2 Å². The standard InChI is InChI=1S/C17H37N5.HI/c1-16(2)8-7-10-20-17(18-3)19-9-5-6-11-22-14-12-21(4)13-15-22;/h16H,5-15H2,1-4H3,(H2,18,19,20);1H. The van der Waals surface area contributed by atoms with Crippen LogP contribution in [0.2, 0.25) is 0 Å². The maximum atomic E-state index is 4.28. The third-order valence-electron chi connectivity index (χ3n) is 4.26. The van der Waals surface area contributed by atoms with Crippen molar-refractivity contribution in [2.45, 2.75) is 39.5 Å². The third-order valence-corrected chi connectivity index (χ3v) is 4.26. The lowest BCUT2D eigenvalue weighted by molar-refractivity contribution is 0.152. The van der Waals surface area contributed by atoms with E-state index in [0.717, 1.165) is 25.0 Å². The first kappa shape index (κ1) is 22.9. The van der Waals surface area contributed by atoms with Gasteiger partial charge in [-0.2, -0.15) is 0 Å². The average Bonchev–Trinajstić information content (AvgIpc) is 2.50. The van der Waals surface area contributed by atoms with E-state index in [-0.39, 0.29) is 24.0 Å². The lowest BCUT2D eigenvalue weighted by Gasteiger charge is -2.32. The number of likely N-dealkylation sites (N-methyl/N-ethyl adjacent to an activating group) is 1. The second-order valence-corrected chi connectivity index (χ2v) is 6.81. The summed E-state index contributed by atoms with van der Waals surface area (Å²) >= 11 is 0. The molecule has 0 aliphatic carbocycles. The van der Waals surface area contributed by atoms with Crippen LogP contribution in [0.15, 0.2) is 4.99 Å². The number of halogens is 1. The molecule has 6 heteroatoms. The van der Waals surface area contributed by atoms with Gasteiger partial charge in [0.1, 0.15) is 0 Å². The molecule has 0 spiro atoms. The molecule has 23 heavy (non-hydrogen) atoms. The van der Waals surface area contributed by atoms with Gasteiger partial charge in [-0.25, -0.2) is 0 Å². The third kappa shape index (κ3) is 12.0. The van der Waals surface area contributed by atoms with Crippen molar-refractivity contribution < 1.29 is 0 Å². The minimum absolute atomic E-state index is 0. The number of guanidine groups is 1. The highest BCUT2D eigenvalue weighted by Crippen LogP contribution is 2.02. The first-order valence-corrected chi connectivity index (χ1v) is 8.97. The predicted molar refractivity (Wildman–Crippen MR) is 112 cm³/mol. The lowest BCUT2D eigenvalue weighted by Crippen LogP contribution is -2.44. The van der Waals surface area contributed by atoms with E-state index in [0.29, 0.717) is 0 Å². The zero-order valence-corrected chi connectivity index (χ0v) is 17.9. The molecule has 138 valence electrons. The molecular weight excluding hydrogens is 401 g/mol. The molecule has 0 bridgehead atoms. The number of unbranched alkanes of at least 4 members (excludes halogenated alkanes) is 1. The molecule has 0 aromatic rings. The fourth-order valence-corrected chi connectivity index (χ4v) is 2.68. The predicted octanol–water partition coefficient (Wildman–Crippen LogP) is 2.23. The molecule has 0 radical (unpaired) electrons. The Morgan fingerprint density at radius 3 is 2.17 bits per heavy atom. The van der Waals surface area contributed by atoms with Gasteiger partial charge in [0.15, 0.2) is 5.96 Å². The van der Waals surface area contributed by atoms with Gasteiger partial charge in [0.05, 0.1) is 0 Å². The van der Waals surface area contributed by atoms with Crippen LogP contribution < -0.4 is 10.6 Å². The number of aliphatic imine (C=N–C) groups is 1. The van der Waals surface area contributed by atoms with E-state index >= 15 is 0 Å². The van der Waals surface area contributed by atoms with Crippen LogP contribution in [0.5, 0.6) is 0 Å². The second kappa shape index (κ2) is 14.3. The average molecular weight is 439 g/mol. The highest BCUT2D eigenvalue weighted by atomic mass is 127. The zero-order chi connectivity index (χ0) is 16.2. The molecule has 1 aliphatic heterocycles. The number of rotatable bonds is 9. The first-order chi connectivity index (χ1) is 10.6. The Kier molecular flexibility index (Phi) is 14.2. The Bertz CT molecular complexity index is 301. The van der Waals surface area contributed by atoms with Crippen molar-refractivity contribution in [1.82, 2.24) is 20.4 Å². The van der Waals surface area contributed by atoms with Crippen molar-refractivity contribution in [3.8, 4) is 0 Å². The smallest absolute Gasteiger partial charge is 0.190 e. The monoisotopic (exact) mass is 439 g/mol. The molecule has 1 fully saturated rings. The minimum atomic E-state index is 0. The summed E-state index contributed by atoms with van der Waals surface area (Å²) in [6, 6.07) is 0. The lowest BCUT2D eigenvalue weighted by atomic mass is 10.1. The molecule has 0 amide bonds. The van der Waals surface area contributed by atoms with Gasteiger partial charge in [0, 0.05) is 46.3 Å². The van der Waals surface area contributed by atoms with E-state index in [1.807, 2.05) is 7.05 Å². The van der Waals surface area contributed by atoms with E-state index in [1.165, 1.54) is 58.4 Å². The van der Waals surface area contributed by atoms with E-state index in [9.17, 15) is 0 Å². The summed E-state index contributed by atoms with van der Waals surface area (Å²) in [5, 5.41) is 6.81. The van der Waals surface area contributed by atoms with Crippen LogP contribution in [0.1, 0.15) is 39.5 Å². The Morgan fingerprint density at radius 2 is 1.61 bits per heavy atom. The Hall–Kier alpha value is -0.0800. The minimum Gasteiger partial charge on any atom is -0.356 e. The van der Waals surface area contributed by atoms with Gasteiger partial charge in [-0.15, -0.1) is 24.0 Å². The molecule has 1 saturated heterocycles. The van der Waals surface area contributed by atoms with E-state index < -0.39 is 0 Å². The van der Waals surface area contributed by atoms with Crippen molar-refractivity contribution in [2.24, 2.45) is 10.9 Å². The summed E-state index contributed by atoms with van der Waals surface area (Å²) in [6.45, 7) is 12.7. The fraction of sp³-hybridized carbons (Fsp3) is 0.941. The van der Waals surface area contributed by atoms with Gasteiger partial charge in [-0.3, -0.25) is 4.99 Å². The van der Waals surface area contributed by atoms with Crippen LogP contribution in [0.25, 0.3) is 0 Å².